The molecule has 0 N–H and O–H groups in total. The molecule has 6 rings (SSSR count). The van der Waals surface area contributed by atoms with Gasteiger partial charge < -0.3 is 0 Å². The zero-order valence-corrected chi connectivity index (χ0v) is 17.8. The average molecular weight is 434 g/mol. The summed E-state index contributed by atoms with van der Waals surface area (Å²) in [7, 11) is 0. The molecular formula is C23H20F2N6O. The average Bonchev–Trinajstić information content (AvgIpc) is 3.35. The monoisotopic (exact) mass is 434 g/mol. The minimum absolute atomic E-state index is 0.185. The highest BCUT2D eigenvalue weighted by Gasteiger charge is 2.47. The van der Waals surface area contributed by atoms with Crippen molar-refractivity contribution in [1.29, 1.82) is 0 Å². The highest BCUT2D eigenvalue weighted by atomic mass is 19.1. The minimum Gasteiger partial charge on any atom is -0.294 e. The fraction of sp³-hybridized carbons (Fsp3) is 0.304. The molecule has 0 radical (unpaired) electrons. The van der Waals surface area contributed by atoms with Crippen LogP contribution in [0, 0.1) is 32.4 Å². The molecule has 1 aromatic carbocycles. The number of aryl methyl sites for hydroxylation is 3. The third-order valence-corrected chi connectivity index (χ3v) is 6.36. The lowest BCUT2D eigenvalue weighted by Gasteiger charge is -2.27. The van der Waals surface area contributed by atoms with Crippen LogP contribution in [0.4, 0.5) is 14.5 Å². The van der Waals surface area contributed by atoms with Gasteiger partial charge in [-0.25, -0.2) is 8.78 Å². The number of nitrogens with zero attached hydrogens (tertiary/aromatic N) is 6. The maximum absolute atomic E-state index is 15.0. The quantitative estimate of drug-likeness (QED) is 0.484. The summed E-state index contributed by atoms with van der Waals surface area (Å²) in [6.45, 7) is 5.56. The van der Waals surface area contributed by atoms with Gasteiger partial charge in [0.25, 0.3) is 5.91 Å². The van der Waals surface area contributed by atoms with E-state index in [-0.39, 0.29) is 17.5 Å². The van der Waals surface area contributed by atoms with Crippen molar-refractivity contribution in [2.45, 2.75) is 45.7 Å². The summed E-state index contributed by atoms with van der Waals surface area (Å²) in [6, 6.07) is 4.77. The molecule has 1 aliphatic heterocycles. The standard InChI is InChI=1S/C23H20F2N6O/c1-11-8-16(10-29-13(3)26-27-22(11)29)30-20(17-7-4-14(24)9-18(17)25)19-12(2)28-31(15-5-6-15)21(19)23(30)32/h4,7-10,15,20H,5-6H2,1-3H3/t20-/m0/s1. The van der Waals surface area contributed by atoms with Crippen molar-refractivity contribution in [3.8, 4) is 0 Å². The van der Waals surface area contributed by atoms with Crippen LogP contribution in [0.25, 0.3) is 5.65 Å². The third-order valence-electron chi connectivity index (χ3n) is 6.36. The lowest BCUT2D eigenvalue weighted by molar-refractivity contribution is 0.0983. The van der Waals surface area contributed by atoms with Crippen LogP contribution in [0.3, 0.4) is 0 Å². The number of halogens is 2. The number of carbonyl (C=O) groups is 1. The molecule has 3 aromatic heterocycles. The molecule has 0 saturated heterocycles. The van der Waals surface area contributed by atoms with E-state index >= 15 is 4.39 Å². The molecule has 1 fully saturated rings. The highest BCUT2D eigenvalue weighted by molar-refractivity contribution is 6.11. The molecule has 4 heterocycles. The van der Waals surface area contributed by atoms with Crippen LogP contribution in [0.1, 0.15) is 63.6 Å². The molecule has 9 heteroatoms. The first kappa shape index (κ1) is 19.1. The Hall–Kier alpha value is -3.62. The van der Waals surface area contributed by atoms with Crippen molar-refractivity contribution in [2.75, 3.05) is 4.90 Å². The number of hydrogen-bond donors (Lipinski definition) is 0. The van der Waals surface area contributed by atoms with Gasteiger partial charge in [-0.15, -0.1) is 10.2 Å². The van der Waals surface area contributed by atoms with Crippen LogP contribution in [0.15, 0.2) is 30.5 Å². The summed E-state index contributed by atoms with van der Waals surface area (Å²) < 4.78 is 32.4. The first-order valence-electron chi connectivity index (χ1n) is 10.5. The number of benzene rings is 1. The summed E-state index contributed by atoms with van der Waals surface area (Å²) >= 11 is 0. The molecule has 0 spiro atoms. The molecule has 162 valence electrons. The molecule has 7 nitrogen and oxygen atoms in total. The van der Waals surface area contributed by atoms with E-state index in [0.29, 0.717) is 34.1 Å². The summed E-state index contributed by atoms with van der Waals surface area (Å²) in [5.41, 5.74) is 4.19. The molecule has 4 aromatic rings. The molecule has 0 bridgehead atoms. The number of rotatable bonds is 3. The molecular weight excluding hydrogens is 414 g/mol. The van der Waals surface area contributed by atoms with Crippen LogP contribution >= 0.6 is 0 Å². The maximum atomic E-state index is 15.0. The number of amides is 1. The fourth-order valence-corrected chi connectivity index (χ4v) is 4.71. The summed E-state index contributed by atoms with van der Waals surface area (Å²) in [6.07, 6.45) is 3.71. The van der Waals surface area contributed by atoms with Gasteiger partial charge >= 0.3 is 0 Å². The highest BCUT2D eigenvalue weighted by Crippen LogP contribution is 2.47. The van der Waals surface area contributed by atoms with Crippen molar-refractivity contribution >= 4 is 17.2 Å². The van der Waals surface area contributed by atoms with Crippen LogP contribution in [-0.2, 0) is 0 Å². The Balaban J connectivity index is 1.62. The van der Waals surface area contributed by atoms with E-state index in [9.17, 15) is 9.18 Å². The number of aromatic nitrogens is 5. The second-order valence-electron chi connectivity index (χ2n) is 8.59. The van der Waals surface area contributed by atoms with Crippen molar-refractivity contribution in [1.82, 2.24) is 24.4 Å². The molecule has 1 atom stereocenters. The zero-order valence-electron chi connectivity index (χ0n) is 17.8. The van der Waals surface area contributed by atoms with Crippen LogP contribution in [0.2, 0.25) is 0 Å². The van der Waals surface area contributed by atoms with E-state index in [4.69, 9.17) is 0 Å². The van der Waals surface area contributed by atoms with Gasteiger partial charge in [0.2, 0.25) is 0 Å². The topological polar surface area (TPSA) is 68.3 Å². The van der Waals surface area contributed by atoms with E-state index in [0.717, 1.165) is 24.5 Å². The van der Waals surface area contributed by atoms with Gasteiger partial charge in [0.1, 0.15) is 23.2 Å². The summed E-state index contributed by atoms with van der Waals surface area (Å²) in [5.74, 6) is -0.924. The van der Waals surface area contributed by atoms with Gasteiger partial charge in [-0.05, 0) is 51.3 Å². The lowest BCUT2D eigenvalue weighted by atomic mass is 9.98. The van der Waals surface area contributed by atoms with Crippen molar-refractivity contribution in [3.05, 3.63) is 76.0 Å². The summed E-state index contributed by atoms with van der Waals surface area (Å²) in [4.78, 5) is 15.4. The van der Waals surface area contributed by atoms with Crippen molar-refractivity contribution in [2.24, 2.45) is 0 Å². The van der Waals surface area contributed by atoms with Crippen molar-refractivity contribution in [3.63, 3.8) is 0 Å². The van der Waals surface area contributed by atoms with E-state index in [2.05, 4.69) is 15.3 Å². The van der Waals surface area contributed by atoms with Crippen LogP contribution < -0.4 is 4.90 Å². The second kappa shape index (κ2) is 6.44. The number of anilines is 1. The first-order chi connectivity index (χ1) is 15.3. The Morgan fingerprint density at radius 3 is 2.56 bits per heavy atom. The number of fused-ring (bicyclic) bond motifs is 2. The van der Waals surface area contributed by atoms with E-state index < -0.39 is 17.7 Å². The SMILES string of the molecule is Cc1nn(C2CC2)c2c1[C@H](c1ccc(F)cc1F)N(c1cc(C)c3nnc(C)n3c1)C2=O. The normalized spacial score (nSPS) is 18.1. The lowest BCUT2D eigenvalue weighted by Crippen LogP contribution is -2.31. The maximum Gasteiger partial charge on any atom is 0.277 e. The minimum atomic E-state index is -0.751. The van der Waals surface area contributed by atoms with E-state index in [1.165, 1.54) is 12.1 Å². The number of carbonyl (C=O) groups excluding carboxylic acids is 1. The largest absolute Gasteiger partial charge is 0.294 e. The van der Waals surface area contributed by atoms with Gasteiger partial charge in [-0.3, -0.25) is 18.8 Å². The summed E-state index contributed by atoms with van der Waals surface area (Å²) in [5, 5.41) is 12.9. The molecule has 32 heavy (non-hydrogen) atoms. The molecule has 0 unspecified atom stereocenters. The van der Waals surface area contributed by atoms with Crippen LogP contribution in [0.5, 0.6) is 0 Å². The second-order valence-corrected chi connectivity index (χ2v) is 8.59. The van der Waals surface area contributed by atoms with Gasteiger partial charge in [-0.2, -0.15) is 5.10 Å². The Morgan fingerprint density at radius 1 is 1.06 bits per heavy atom. The Morgan fingerprint density at radius 2 is 1.84 bits per heavy atom. The van der Waals surface area contributed by atoms with Gasteiger partial charge in [0.05, 0.1) is 23.5 Å². The molecule has 1 saturated carbocycles. The van der Waals surface area contributed by atoms with Gasteiger partial charge in [0, 0.05) is 23.4 Å². The number of hydrogen-bond acceptors (Lipinski definition) is 4. The fourth-order valence-electron chi connectivity index (χ4n) is 4.71. The van der Waals surface area contributed by atoms with Crippen molar-refractivity contribution < 1.29 is 13.6 Å². The molecule has 2 aliphatic rings. The Bertz CT molecular complexity index is 1430. The predicted octanol–water partition coefficient (Wildman–Crippen LogP) is 4.21. The zero-order chi connectivity index (χ0) is 22.3. The van der Waals surface area contributed by atoms with Gasteiger partial charge in [-0.1, -0.05) is 6.07 Å². The Kier molecular flexibility index (Phi) is 3.84. The van der Waals surface area contributed by atoms with E-state index in [1.807, 2.05) is 31.2 Å². The van der Waals surface area contributed by atoms with E-state index in [1.54, 1.807) is 15.8 Å². The smallest absolute Gasteiger partial charge is 0.277 e. The molecule has 1 amide bonds. The third kappa shape index (κ3) is 2.57. The Labute approximate surface area is 182 Å². The first-order valence-corrected chi connectivity index (χ1v) is 10.5. The molecule has 1 aliphatic carbocycles. The number of pyridine rings is 1. The predicted molar refractivity (Wildman–Crippen MR) is 113 cm³/mol. The van der Waals surface area contributed by atoms with Crippen LogP contribution in [-0.4, -0.2) is 30.3 Å². The van der Waals surface area contributed by atoms with Gasteiger partial charge in [0.15, 0.2) is 5.65 Å².